The second-order valence-electron chi connectivity index (χ2n) is 5.46. The van der Waals surface area contributed by atoms with Crippen LogP contribution < -0.4 is 10.6 Å². The number of carbonyl (C=O) groups is 2. The van der Waals surface area contributed by atoms with Crippen LogP contribution in [0.3, 0.4) is 0 Å². The lowest BCUT2D eigenvalue weighted by Gasteiger charge is -2.10. The second kappa shape index (κ2) is 7.61. The molecule has 2 N–H and O–H groups in total. The molecule has 28 heavy (non-hydrogen) atoms. The van der Waals surface area contributed by atoms with Crippen LogP contribution in [0.2, 0.25) is 10.0 Å². The third-order valence-corrected chi connectivity index (χ3v) is 4.16. The highest BCUT2D eigenvalue weighted by Crippen LogP contribution is 2.30. The first-order valence-corrected chi connectivity index (χ1v) is 8.31. The normalized spacial score (nSPS) is 11.3. The molecule has 0 saturated carbocycles. The summed E-state index contributed by atoms with van der Waals surface area (Å²) in [6.45, 7) is 0. The maximum Gasteiger partial charge on any atom is 0.416 e. The molecular weight excluding hydrogens is 420 g/mol. The number of fused-ring (bicyclic) bond motifs is 1. The summed E-state index contributed by atoms with van der Waals surface area (Å²) in [5.41, 5.74) is -0.870. The summed E-state index contributed by atoms with van der Waals surface area (Å²) in [5.74, 6) is -1.01. The van der Waals surface area contributed by atoms with Crippen molar-refractivity contribution in [1.29, 1.82) is 0 Å². The van der Waals surface area contributed by atoms with Crippen LogP contribution in [0.4, 0.5) is 23.8 Å². The van der Waals surface area contributed by atoms with Gasteiger partial charge in [0.05, 0.1) is 38.4 Å². The molecule has 0 saturated heterocycles. The van der Waals surface area contributed by atoms with Crippen molar-refractivity contribution in [2.45, 2.75) is 6.18 Å². The molecule has 0 bridgehead atoms. The molecule has 3 rings (SSSR count). The largest absolute Gasteiger partial charge is 0.416 e. The van der Waals surface area contributed by atoms with Crippen molar-refractivity contribution >= 4 is 52.0 Å². The minimum Gasteiger partial charge on any atom is -0.291 e. The second-order valence-corrected chi connectivity index (χ2v) is 6.28. The van der Waals surface area contributed by atoms with Crippen LogP contribution >= 0.6 is 23.2 Å². The topological polar surface area (TPSA) is 84.0 Å². The van der Waals surface area contributed by atoms with Gasteiger partial charge in [-0.1, -0.05) is 29.3 Å². The van der Waals surface area contributed by atoms with E-state index in [1.54, 1.807) is 0 Å². The van der Waals surface area contributed by atoms with Crippen molar-refractivity contribution < 1.29 is 22.8 Å². The van der Waals surface area contributed by atoms with E-state index in [0.29, 0.717) is 0 Å². The molecule has 1 heterocycles. The van der Waals surface area contributed by atoms with E-state index in [2.05, 4.69) is 15.3 Å². The van der Waals surface area contributed by atoms with Gasteiger partial charge in [-0.05, 0) is 30.3 Å². The number of amides is 3. The highest BCUT2D eigenvalue weighted by molar-refractivity contribution is 6.40. The summed E-state index contributed by atoms with van der Waals surface area (Å²) in [5, 5.41) is 4.31. The van der Waals surface area contributed by atoms with Crippen molar-refractivity contribution in [2.75, 3.05) is 5.32 Å². The summed E-state index contributed by atoms with van der Waals surface area (Å²) in [7, 11) is 0. The molecule has 0 radical (unpaired) electrons. The molecule has 0 unspecified atom stereocenters. The molecule has 144 valence electrons. The molecule has 1 aromatic heterocycles. The highest BCUT2D eigenvalue weighted by atomic mass is 35.5. The van der Waals surface area contributed by atoms with E-state index >= 15 is 0 Å². The van der Waals surface area contributed by atoms with Crippen LogP contribution in [0, 0.1) is 0 Å². The van der Waals surface area contributed by atoms with Gasteiger partial charge < -0.3 is 0 Å². The monoisotopic (exact) mass is 428 g/mol. The lowest BCUT2D eigenvalue weighted by atomic mass is 10.2. The Morgan fingerprint density at radius 1 is 1.00 bits per heavy atom. The fourth-order valence-corrected chi connectivity index (χ4v) is 2.85. The van der Waals surface area contributed by atoms with Crippen molar-refractivity contribution in [2.24, 2.45) is 0 Å². The van der Waals surface area contributed by atoms with Gasteiger partial charge in [0.2, 0.25) is 0 Å². The zero-order chi connectivity index (χ0) is 20.5. The smallest absolute Gasteiger partial charge is 0.291 e. The van der Waals surface area contributed by atoms with Crippen molar-refractivity contribution in [3.05, 3.63) is 63.8 Å². The average Bonchev–Trinajstić information content (AvgIpc) is 2.60. The van der Waals surface area contributed by atoms with Crippen LogP contribution in [-0.2, 0) is 6.18 Å². The molecule has 3 amide bonds. The van der Waals surface area contributed by atoms with E-state index in [0.717, 1.165) is 24.4 Å². The molecule has 0 atom stereocenters. The third-order valence-electron chi connectivity index (χ3n) is 3.53. The van der Waals surface area contributed by atoms with E-state index < -0.39 is 23.7 Å². The number of hydrogen-bond donors (Lipinski definition) is 2. The molecule has 0 aliphatic rings. The summed E-state index contributed by atoms with van der Waals surface area (Å²) in [4.78, 5) is 32.0. The Bertz CT molecular complexity index is 1070. The van der Waals surface area contributed by atoms with Gasteiger partial charge in [-0.25, -0.2) is 9.78 Å². The van der Waals surface area contributed by atoms with Crippen LogP contribution in [-0.4, -0.2) is 21.9 Å². The zero-order valence-corrected chi connectivity index (χ0v) is 15.2. The van der Waals surface area contributed by atoms with E-state index in [9.17, 15) is 22.8 Å². The van der Waals surface area contributed by atoms with Gasteiger partial charge in [0, 0.05) is 0 Å². The third kappa shape index (κ3) is 4.32. The molecular formula is C17H9Cl2F3N4O2. The van der Waals surface area contributed by atoms with Crippen LogP contribution in [0.5, 0.6) is 0 Å². The van der Waals surface area contributed by atoms with E-state index in [1.165, 1.54) is 18.2 Å². The van der Waals surface area contributed by atoms with Gasteiger partial charge in [-0.15, -0.1) is 0 Å². The van der Waals surface area contributed by atoms with Gasteiger partial charge in [-0.3, -0.25) is 20.4 Å². The van der Waals surface area contributed by atoms with Gasteiger partial charge in [-0.2, -0.15) is 13.2 Å². The SMILES string of the molecule is O=C(NC(=O)c1c(Cl)cccc1Cl)Nc1cnc2ccc(C(F)(F)F)cc2n1. The highest BCUT2D eigenvalue weighted by Gasteiger charge is 2.30. The molecule has 6 nitrogen and oxygen atoms in total. The minimum atomic E-state index is -4.54. The number of halogens is 5. The molecule has 0 aliphatic carbocycles. The first kappa shape index (κ1) is 19.8. The number of imide groups is 1. The number of aromatic nitrogens is 2. The molecule has 3 aromatic rings. The van der Waals surface area contributed by atoms with Gasteiger partial charge in [0.1, 0.15) is 0 Å². The van der Waals surface area contributed by atoms with Crippen LogP contribution in [0.15, 0.2) is 42.6 Å². The maximum absolute atomic E-state index is 12.8. The Morgan fingerprint density at radius 3 is 2.32 bits per heavy atom. The number of benzene rings is 2. The summed E-state index contributed by atoms with van der Waals surface area (Å²) in [6.07, 6.45) is -3.40. The Balaban J connectivity index is 1.78. The average molecular weight is 429 g/mol. The van der Waals surface area contributed by atoms with Crippen molar-refractivity contribution in [1.82, 2.24) is 15.3 Å². The molecule has 0 aliphatic heterocycles. The van der Waals surface area contributed by atoms with Crippen molar-refractivity contribution in [3.8, 4) is 0 Å². The maximum atomic E-state index is 12.8. The van der Waals surface area contributed by atoms with Gasteiger partial charge in [0.25, 0.3) is 5.91 Å². The van der Waals surface area contributed by atoms with E-state index in [4.69, 9.17) is 23.2 Å². The number of hydrogen-bond acceptors (Lipinski definition) is 4. The predicted octanol–water partition coefficient (Wildman–Crippen LogP) is 4.92. The Morgan fingerprint density at radius 2 is 1.68 bits per heavy atom. The quantitative estimate of drug-likeness (QED) is 0.606. The lowest BCUT2D eigenvalue weighted by molar-refractivity contribution is -0.137. The van der Waals surface area contributed by atoms with Crippen LogP contribution in [0.1, 0.15) is 15.9 Å². The van der Waals surface area contributed by atoms with Gasteiger partial charge >= 0.3 is 12.2 Å². The number of nitrogens with one attached hydrogen (secondary N) is 2. The Kier molecular flexibility index (Phi) is 5.39. The number of urea groups is 1. The van der Waals surface area contributed by atoms with E-state index in [1.807, 2.05) is 5.32 Å². The number of carbonyl (C=O) groups excluding carboxylic acids is 2. The number of nitrogens with zero attached hydrogens (tertiary/aromatic N) is 2. The summed E-state index contributed by atoms with van der Waals surface area (Å²) < 4.78 is 38.4. The minimum absolute atomic E-state index is 0.0444. The summed E-state index contributed by atoms with van der Waals surface area (Å²) in [6, 6.07) is 6.24. The summed E-state index contributed by atoms with van der Waals surface area (Å²) >= 11 is 11.8. The van der Waals surface area contributed by atoms with Crippen molar-refractivity contribution in [3.63, 3.8) is 0 Å². The number of rotatable bonds is 2. The number of alkyl halides is 3. The fraction of sp³-hybridized carbons (Fsp3) is 0.0588. The molecule has 11 heteroatoms. The zero-order valence-electron chi connectivity index (χ0n) is 13.6. The lowest BCUT2D eigenvalue weighted by Crippen LogP contribution is -2.35. The first-order valence-electron chi connectivity index (χ1n) is 7.55. The number of anilines is 1. The van der Waals surface area contributed by atoms with E-state index in [-0.39, 0.29) is 32.5 Å². The molecule has 0 fully saturated rings. The predicted molar refractivity (Wildman–Crippen MR) is 97.5 cm³/mol. The van der Waals surface area contributed by atoms with Gasteiger partial charge in [0.15, 0.2) is 5.82 Å². The molecule has 2 aromatic carbocycles. The Hall–Kier alpha value is -2.91. The standard InChI is InChI=1S/C17H9Cl2F3N4O2/c18-9-2-1-3-10(19)14(9)15(27)26-16(28)25-13-7-23-11-5-4-8(17(20,21)22)6-12(11)24-13/h1-7H,(H2,24,25,26,27,28). The first-order chi connectivity index (χ1) is 13.1. The molecule has 0 spiro atoms. The fourth-order valence-electron chi connectivity index (χ4n) is 2.28. The van der Waals surface area contributed by atoms with Crippen LogP contribution in [0.25, 0.3) is 11.0 Å². The Labute approximate surface area is 165 Å².